The number of thiazole rings is 1. The van der Waals surface area contributed by atoms with E-state index in [1.165, 1.54) is 5.56 Å². The number of rotatable bonds is 6. The van der Waals surface area contributed by atoms with Gasteiger partial charge in [0.2, 0.25) is 5.91 Å². The largest absolute Gasteiger partial charge is 0.283 e. The Morgan fingerprint density at radius 3 is 2.52 bits per heavy atom. The molecule has 0 saturated carbocycles. The van der Waals surface area contributed by atoms with Crippen LogP contribution in [-0.4, -0.2) is 31.1 Å². The van der Waals surface area contributed by atoms with Crippen LogP contribution in [0.15, 0.2) is 73.1 Å². The van der Waals surface area contributed by atoms with Gasteiger partial charge < -0.3 is 0 Å². The number of aryl methyl sites for hydroxylation is 2. The van der Waals surface area contributed by atoms with Crippen molar-refractivity contribution in [3.05, 3.63) is 95.3 Å². The van der Waals surface area contributed by atoms with Crippen LogP contribution in [0.5, 0.6) is 0 Å². The van der Waals surface area contributed by atoms with Crippen LogP contribution in [0, 0.1) is 13.8 Å². The molecule has 0 unspecified atom stereocenters. The lowest BCUT2D eigenvalue weighted by Crippen LogP contribution is -2.31. The molecule has 0 N–H and O–H groups in total. The minimum Gasteiger partial charge on any atom is -0.283 e. The third-order valence-electron chi connectivity index (χ3n) is 5.44. The summed E-state index contributed by atoms with van der Waals surface area (Å²) >= 11 is 1.56. The third-order valence-corrected chi connectivity index (χ3v) is 6.46. The average molecular weight is 455 g/mol. The molecule has 1 amide bonds. The van der Waals surface area contributed by atoms with Gasteiger partial charge in [-0.05, 0) is 64.7 Å². The van der Waals surface area contributed by atoms with E-state index in [0.717, 1.165) is 37.7 Å². The second-order valence-electron chi connectivity index (χ2n) is 7.99. The van der Waals surface area contributed by atoms with Gasteiger partial charge in [0.05, 0.1) is 28.9 Å². The van der Waals surface area contributed by atoms with Crippen LogP contribution in [0.3, 0.4) is 0 Å². The first-order valence-corrected chi connectivity index (χ1v) is 11.4. The molecule has 0 spiro atoms. The van der Waals surface area contributed by atoms with E-state index in [1.54, 1.807) is 27.2 Å². The summed E-state index contributed by atoms with van der Waals surface area (Å²) in [7, 11) is 0. The van der Waals surface area contributed by atoms with Crippen molar-refractivity contribution in [2.75, 3.05) is 4.90 Å². The molecule has 3 aromatic carbocycles. The highest BCUT2D eigenvalue weighted by Crippen LogP contribution is 2.33. The Kier molecular flexibility index (Phi) is 5.66. The number of tetrazole rings is 1. The molecule has 0 saturated heterocycles. The second kappa shape index (κ2) is 8.91. The van der Waals surface area contributed by atoms with Gasteiger partial charge in [-0.1, -0.05) is 59.9 Å². The van der Waals surface area contributed by atoms with E-state index in [1.807, 2.05) is 54.6 Å². The number of benzene rings is 3. The number of hydrogen-bond acceptors (Lipinski definition) is 6. The lowest BCUT2D eigenvalue weighted by Gasteiger charge is -2.20. The van der Waals surface area contributed by atoms with Crippen molar-refractivity contribution < 1.29 is 4.79 Å². The van der Waals surface area contributed by atoms with Crippen molar-refractivity contribution in [1.29, 1.82) is 0 Å². The maximum Gasteiger partial charge on any atom is 0.233 e. The molecule has 0 radical (unpaired) electrons. The first kappa shape index (κ1) is 21.0. The van der Waals surface area contributed by atoms with Gasteiger partial charge in [0, 0.05) is 0 Å². The number of carbonyl (C=O) groups excluding carboxylic acids is 1. The fraction of sp³-hybridized carbons (Fsp3) is 0.160. The lowest BCUT2D eigenvalue weighted by molar-refractivity contribution is -0.118. The molecule has 0 aliphatic rings. The van der Waals surface area contributed by atoms with Crippen molar-refractivity contribution in [2.45, 2.75) is 26.8 Å². The summed E-state index contributed by atoms with van der Waals surface area (Å²) in [6.07, 6.45) is 1.81. The van der Waals surface area contributed by atoms with Gasteiger partial charge in [0.15, 0.2) is 5.13 Å². The number of carbonyl (C=O) groups is 1. The van der Waals surface area contributed by atoms with Crippen LogP contribution in [0.2, 0.25) is 0 Å². The van der Waals surface area contributed by atoms with Crippen molar-refractivity contribution in [3.8, 4) is 5.69 Å². The Labute approximate surface area is 195 Å². The summed E-state index contributed by atoms with van der Waals surface area (Å²) in [5.74, 6) is 0.00227. The van der Waals surface area contributed by atoms with Crippen LogP contribution in [0.4, 0.5) is 5.13 Å². The SMILES string of the molecule is Cc1cc(C)c2nc(N(Cc3ccccc3)C(=O)Cc3ccc(-n4cnnn4)cc3)sc2c1. The summed E-state index contributed by atoms with van der Waals surface area (Å²) < 4.78 is 2.68. The first-order chi connectivity index (χ1) is 16.1. The number of aromatic nitrogens is 5. The molecule has 0 bridgehead atoms. The monoisotopic (exact) mass is 454 g/mol. The number of fused-ring (bicyclic) bond motifs is 1. The number of hydrogen-bond donors (Lipinski definition) is 0. The summed E-state index contributed by atoms with van der Waals surface area (Å²) in [6, 6.07) is 22.0. The number of nitrogens with zero attached hydrogens (tertiary/aromatic N) is 6. The van der Waals surface area contributed by atoms with E-state index in [2.05, 4.69) is 41.5 Å². The van der Waals surface area contributed by atoms with Gasteiger partial charge in [-0.15, -0.1) is 5.10 Å². The van der Waals surface area contributed by atoms with Crippen molar-refractivity contribution in [2.24, 2.45) is 0 Å². The Morgan fingerprint density at radius 1 is 1.00 bits per heavy atom. The van der Waals surface area contributed by atoms with Crippen LogP contribution >= 0.6 is 11.3 Å². The average Bonchev–Trinajstić information content (AvgIpc) is 3.49. The normalized spacial score (nSPS) is 11.1. The van der Waals surface area contributed by atoms with E-state index in [-0.39, 0.29) is 12.3 Å². The zero-order chi connectivity index (χ0) is 22.8. The van der Waals surface area contributed by atoms with Gasteiger partial charge in [-0.3, -0.25) is 9.69 Å². The molecule has 8 heteroatoms. The summed E-state index contributed by atoms with van der Waals surface area (Å²) in [5.41, 5.74) is 6.10. The van der Waals surface area contributed by atoms with Gasteiger partial charge >= 0.3 is 0 Å². The predicted molar refractivity (Wildman–Crippen MR) is 130 cm³/mol. The van der Waals surface area contributed by atoms with E-state index in [9.17, 15) is 4.79 Å². The molecule has 0 atom stereocenters. The number of amides is 1. The van der Waals surface area contributed by atoms with Crippen molar-refractivity contribution >= 4 is 32.6 Å². The van der Waals surface area contributed by atoms with Gasteiger partial charge in [-0.25, -0.2) is 9.67 Å². The molecule has 5 aromatic rings. The van der Waals surface area contributed by atoms with Crippen molar-refractivity contribution in [3.63, 3.8) is 0 Å². The highest BCUT2D eigenvalue weighted by atomic mass is 32.1. The van der Waals surface area contributed by atoms with E-state index >= 15 is 0 Å². The highest BCUT2D eigenvalue weighted by molar-refractivity contribution is 7.22. The maximum absolute atomic E-state index is 13.5. The lowest BCUT2D eigenvalue weighted by atomic mass is 10.1. The molecule has 0 aliphatic heterocycles. The minimum absolute atomic E-state index is 0.00227. The Balaban J connectivity index is 1.45. The molecule has 5 rings (SSSR count). The van der Waals surface area contributed by atoms with Crippen LogP contribution < -0.4 is 4.90 Å². The van der Waals surface area contributed by atoms with E-state index < -0.39 is 0 Å². The maximum atomic E-state index is 13.5. The molecule has 0 aliphatic carbocycles. The Morgan fingerprint density at radius 2 is 1.79 bits per heavy atom. The van der Waals surface area contributed by atoms with Crippen molar-refractivity contribution in [1.82, 2.24) is 25.2 Å². The minimum atomic E-state index is 0.00227. The third kappa shape index (κ3) is 4.51. The second-order valence-corrected chi connectivity index (χ2v) is 9.00. The molecular formula is C25H22N6OS. The van der Waals surface area contributed by atoms with Crippen LogP contribution in [-0.2, 0) is 17.8 Å². The molecule has 2 heterocycles. The van der Waals surface area contributed by atoms with Crippen LogP contribution in [0.1, 0.15) is 22.3 Å². The molecule has 0 fully saturated rings. The summed E-state index contributed by atoms with van der Waals surface area (Å²) in [5, 5.41) is 11.9. The molecule has 164 valence electrons. The predicted octanol–water partition coefficient (Wildman–Crippen LogP) is 4.66. The van der Waals surface area contributed by atoms with Gasteiger partial charge in [0.1, 0.15) is 6.33 Å². The summed E-state index contributed by atoms with van der Waals surface area (Å²) in [4.78, 5) is 20.2. The Hall–Kier alpha value is -3.91. The fourth-order valence-corrected chi connectivity index (χ4v) is 4.98. The van der Waals surface area contributed by atoms with E-state index in [0.29, 0.717) is 6.54 Å². The fourth-order valence-electron chi connectivity index (χ4n) is 3.82. The van der Waals surface area contributed by atoms with E-state index in [4.69, 9.17) is 4.98 Å². The topological polar surface area (TPSA) is 76.8 Å². The summed E-state index contributed by atoms with van der Waals surface area (Å²) in [6.45, 7) is 4.62. The Bertz CT molecular complexity index is 1390. The zero-order valence-corrected chi connectivity index (χ0v) is 19.2. The standard InChI is InChI=1S/C25H22N6OS/c1-17-12-18(2)24-22(13-17)33-25(27-24)30(15-20-6-4-3-5-7-20)23(32)14-19-8-10-21(11-9-19)31-16-26-28-29-31/h3-13,16H,14-15H2,1-2H3. The zero-order valence-electron chi connectivity index (χ0n) is 18.3. The first-order valence-electron chi connectivity index (χ1n) is 10.6. The van der Waals surface area contributed by atoms with Gasteiger partial charge in [0.25, 0.3) is 0 Å². The number of anilines is 1. The smallest absolute Gasteiger partial charge is 0.233 e. The molecular weight excluding hydrogens is 432 g/mol. The highest BCUT2D eigenvalue weighted by Gasteiger charge is 2.21. The van der Waals surface area contributed by atoms with Crippen LogP contribution in [0.25, 0.3) is 15.9 Å². The van der Waals surface area contributed by atoms with Gasteiger partial charge in [-0.2, -0.15) is 0 Å². The molecule has 33 heavy (non-hydrogen) atoms. The molecule has 7 nitrogen and oxygen atoms in total. The molecule has 2 aromatic heterocycles. The quantitative estimate of drug-likeness (QED) is 0.373.